The topological polar surface area (TPSA) is 61.4 Å². The van der Waals surface area contributed by atoms with Crippen molar-refractivity contribution in [2.75, 3.05) is 13.1 Å². The van der Waals surface area contributed by atoms with Crippen molar-refractivity contribution in [2.45, 2.75) is 25.9 Å². The van der Waals surface area contributed by atoms with E-state index in [-0.39, 0.29) is 18.0 Å². The molecule has 6 heteroatoms. The maximum atomic E-state index is 12.2. The van der Waals surface area contributed by atoms with Crippen LogP contribution in [0, 0.1) is 0 Å². The average Bonchev–Trinajstić information content (AvgIpc) is 2.84. The van der Waals surface area contributed by atoms with Crippen LogP contribution in [0.4, 0.5) is 4.79 Å². The summed E-state index contributed by atoms with van der Waals surface area (Å²) in [4.78, 5) is 24.9. The number of imide groups is 1. The first-order valence-corrected chi connectivity index (χ1v) is 6.97. The molecule has 1 heterocycles. The van der Waals surface area contributed by atoms with Gasteiger partial charge in [-0.3, -0.25) is 15.0 Å². The van der Waals surface area contributed by atoms with E-state index in [0.29, 0.717) is 18.1 Å². The number of hydrogen-bond acceptors (Lipinski definition) is 3. The number of nitrogens with zero attached hydrogens (tertiary/aromatic N) is 1. The monoisotopic (exact) mass is 295 g/mol. The van der Waals surface area contributed by atoms with E-state index in [0.717, 1.165) is 5.56 Å². The molecule has 2 N–H and O–H groups in total. The molecule has 5 nitrogen and oxygen atoms in total. The molecule has 0 saturated carbocycles. The summed E-state index contributed by atoms with van der Waals surface area (Å²) in [6, 6.07) is 6.70. The fourth-order valence-electron chi connectivity index (χ4n) is 2.23. The molecular weight excluding hydrogens is 278 g/mol. The van der Waals surface area contributed by atoms with E-state index in [2.05, 4.69) is 10.6 Å². The Morgan fingerprint density at radius 2 is 2.20 bits per heavy atom. The molecule has 3 amide bonds. The Labute approximate surface area is 123 Å². The van der Waals surface area contributed by atoms with Gasteiger partial charge in [0.25, 0.3) is 0 Å². The van der Waals surface area contributed by atoms with Gasteiger partial charge in [-0.2, -0.15) is 0 Å². The molecule has 0 aliphatic carbocycles. The third kappa shape index (κ3) is 3.29. The van der Waals surface area contributed by atoms with Crippen molar-refractivity contribution in [1.82, 2.24) is 15.5 Å². The minimum absolute atomic E-state index is 0.0293. The molecule has 0 spiro atoms. The smallest absolute Gasteiger partial charge is 0.324 e. The summed E-state index contributed by atoms with van der Waals surface area (Å²) in [5.74, 6) is -0.214. The van der Waals surface area contributed by atoms with Crippen molar-refractivity contribution in [3.05, 3.63) is 34.9 Å². The van der Waals surface area contributed by atoms with Gasteiger partial charge in [-0.25, -0.2) is 4.79 Å². The highest BCUT2D eigenvalue weighted by Gasteiger charge is 2.30. The largest absolute Gasteiger partial charge is 0.336 e. The number of rotatable bonds is 4. The van der Waals surface area contributed by atoms with Gasteiger partial charge < -0.3 is 5.32 Å². The van der Waals surface area contributed by atoms with Crippen LogP contribution in [0.15, 0.2) is 24.3 Å². The lowest BCUT2D eigenvalue weighted by atomic mass is 10.1. The Morgan fingerprint density at radius 3 is 2.80 bits per heavy atom. The summed E-state index contributed by atoms with van der Waals surface area (Å²) >= 11 is 5.95. The maximum absolute atomic E-state index is 12.2. The van der Waals surface area contributed by atoms with E-state index in [1.165, 1.54) is 4.90 Å². The molecule has 0 bridgehead atoms. The third-order valence-corrected chi connectivity index (χ3v) is 3.58. The van der Waals surface area contributed by atoms with Gasteiger partial charge in [0.1, 0.15) is 0 Å². The predicted molar refractivity (Wildman–Crippen MR) is 77.6 cm³/mol. The van der Waals surface area contributed by atoms with E-state index >= 15 is 0 Å². The molecule has 20 heavy (non-hydrogen) atoms. The van der Waals surface area contributed by atoms with Crippen molar-refractivity contribution < 1.29 is 9.59 Å². The summed E-state index contributed by atoms with van der Waals surface area (Å²) in [7, 11) is 0. The van der Waals surface area contributed by atoms with Gasteiger partial charge in [0, 0.05) is 24.2 Å². The second-order valence-corrected chi connectivity index (χ2v) is 5.32. The van der Waals surface area contributed by atoms with Crippen molar-refractivity contribution in [3.63, 3.8) is 0 Å². The lowest BCUT2D eigenvalue weighted by molar-refractivity contribution is -0.129. The first kappa shape index (κ1) is 14.8. The number of amides is 3. The lowest BCUT2D eigenvalue weighted by Crippen LogP contribution is -2.46. The maximum Gasteiger partial charge on any atom is 0.324 e. The Bertz CT molecular complexity index is 521. The zero-order chi connectivity index (χ0) is 14.7. The standard InChI is InChI=1S/C14H18ClN3O2/c1-9(11-4-3-5-12(15)8-11)17-10(2)13(19)18-7-6-16-14(18)20/h3-5,8-10,17H,6-7H2,1-2H3,(H,16,20)/t9-,10-/m0/s1. The van der Waals surface area contributed by atoms with Crippen LogP contribution in [0.3, 0.4) is 0 Å². The van der Waals surface area contributed by atoms with Gasteiger partial charge in [0.15, 0.2) is 0 Å². The Balaban J connectivity index is 1.98. The van der Waals surface area contributed by atoms with Crippen LogP contribution in [-0.2, 0) is 4.79 Å². The third-order valence-electron chi connectivity index (χ3n) is 3.34. The zero-order valence-electron chi connectivity index (χ0n) is 11.5. The van der Waals surface area contributed by atoms with E-state index in [4.69, 9.17) is 11.6 Å². The SMILES string of the molecule is C[C@H](N[C@@H](C)c1cccc(Cl)c1)C(=O)N1CCNC1=O. The van der Waals surface area contributed by atoms with E-state index < -0.39 is 6.04 Å². The number of benzene rings is 1. The Hall–Kier alpha value is -1.59. The number of carbonyl (C=O) groups is 2. The number of nitrogens with one attached hydrogen (secondary N) is 2. The van der Waals surface area contributed by atoms with Gasteiger partial charge in [-0.1, -0.05) is 23.7 Å². The van der Waals surface area contributed by atoms with Crippen molar-refractivity contribution in [1.29, 1.82) is 0 Å². The van der Waals surface area contributed by atoms with Crippen molar-refractivity contribution >= 4 is 23.5 Å². The van der Waals surface area contributed by atoms with E-state index in [1.807, 2.05) is 25.1 Å². The molecule has 2 atom stereocenters. The Morgan fingerprint density at radius 1 is 1.45 bits per heavy atom. The highest BCUT2D eigenvalue weighted by molar-refractivity contribution is 6.30. The fraction of sp³-hybridized carbons (Fsp3) is 0.429. The normalized spacial score (nSPS) is 17.8. The summed E-state index contributed by atoms with van der Waals surface area (Å²) in [5, 5.41) is 6.47. The molecule has 1 aliphatic rings. The molecule has 1 aromatic carbocycles. The molecule has 2 rings (SSSR count). The summed E-state index contributed by atoms with van der Waals surface area (Å²) < 4.78 is 0. The number of carbonyl (C=O) groups excluding carboxylic acids is 2. The molecular formula is C14H18ClN3O2. The van der Waals surface area contributed by atoms with Gasteiger partial charge in [-0.05, 0) is 31.5 Å². The summed E-state index contributed by atoms with van der Waals surface area (Å²) in [6.45, 7) is 4.66. The van der Waals surface area contributed by atoms with Gasteiger partial charge >= 0.3 is 6.03 Å². The van der Waals surface area contributed by atoms with Crippen molar-refractivity contribution in [2.24, 2.45) is 0 Å². The first-order chi connectivity index (χ1) is 9.49. The molecule has 0 unspecified atom stereocenters. The average molecular weight is 296 g/mol. The quantitative estimate of drug-likeness (QED) is 0.892. The molecule has 108 valence electrons. The van der Waals surface area contributed by atoms with E-state index in [9.17, 15) is 9.59 Å². The lowest BCUT2D eigenvalue weighted by Gasteiger charge is -2.23. The van der Waals surface area contributed by atoms with Gasteiger partial charge in [-0.15, -0.1) is 0 Å². The van der Waals surface area contributed by atoms with Crippen LogP contribution < -0.4 is 10.6 Å². The van der Waals surface area contributed by atoms with Crippen LogP contribution in [0.25, 0.3) is 0 Å². The molecule has 1 fully saturated rings. The molecule has 0 radical (unpaired) electrons. The van der Waals surface area contributed by atoms with Crippen LogP contribution in [-0.4, -0.2) is 36.0 Å². The van der Waals surface area contributed by atoms with E-state index in [1.54, 1.807) is 13.0 Å². The van der Waals surface area contributed by atoms with Gasteiger partial charge in [0.2, 0.25) is 5.91 Å². The number of halogens is 1. The highest BCUT2D eigenvalue weighted by Crippen LogP contribution is 2.18. The molecule has 1 saturated heterocycles. The number of hydrogen-bond donors (Lipinski definition) is 2. The minimum Gasteiger partial charge on any atom is -0.336 e. The summed E-state index contributed by atoms with van der Waals surface area (Å²) in [6.07, 6.45) is 0. The Kier molecular flexibility index (Phi) is 4.62. The second kappa shape index (κ2) is 6.24. The zero-order valence-corrected chi connectivity index (χ0v) is 12.3. The highest BCUT2D eigenvalue weighted by atomic mass is 35.5. The fourth-order valence-corrected chi connectivity index (χ4v) is 2.43. The predicted octanol–water partition coefficient (Wildman–Crippen LogP) is 1.93. The van der Waals surface area contributed by atoms with Crippen LogP contribution in [0.2, 0.25) is 5.02 Å². The molecule has 1 aromatic rings. The molecule has 1 aliphatic heterocycles. The van der Waals surface area contributed by atoms with Crippen LogP contribution in [0.1, 0.15) is 25.5 Å². The van der Waals surface area contributed by atoms with Gasteiger partial charge in [0.05, 0.1) is 6.04 Å². The molecule has 0 aromatic heterocycles. The van der Waals surface area contributed by atoms with Crippen molar-refractivity contribution in [3.8, 4) is 0 Å². The first-order valence-electron chi connectivity index (χ1n) is 6.59. The van der Waals surface area contributed by atoms with Crippen LogP contribution in [0.5, 0.6) is 0 Å². The minimum atomic E-state index is -0.437. The van der Waals surface area contributed by atoms with Crippen LogP contribution >= 0.6 is 11.6 Å². The summed E-state index contributed by atoms with van der Waals surface area (Å²) in [5.41, 5.74) is 1.00. The second-order valence-electron chi connectivity index (χ2n) is 4.89. The number of urea groups is 1.